The molecule has 1 amide bonds. The van der Waals surface area contributed by atoms with Crippen molar-refractivity contribution in [3.8, 4) is 5.75 Å². The Hall–Kier alpha value is -4.09. The molecule has 1 heterocycles. The lowest BCUT2D eigenvalue weighted by Crippen LogP contribution is -2.37. The van der Waals surface area contributed by atoms with E-state index in [1.54, 1.807) is 0 Å². The van der Waals surface area contributed by atoms with Crippen molar-refractivity contribution in [2.45, 2.75) is 19.1 Å². The van der Waals surface area contributed by atoms with Crippen LogP contribution in [0.25, 0.3) is 10.9 Å². The number of aromatic hydroxyl groups is 1. The Balaban J connectivity index is 2.32. The molecule has 0 radical (unpaired) electrons. The van der Waals surface area contributed by atoms with Crippen LogP contribution in [0.3, 0.4) is 0 Å². The minimum atomic E-state index is -4.57. The van der Waals surface area contributed by atoms with Gasteiger partial charge in [-0.15, -0.1) is 0 Å². The van der Waals surface area contributed by atoms with Gasteiger partial charge in [-0.25, -0.2) is 4.39 Å². The molecular formula is C22H19F4N3O5. The number of fused-ring (bicyclic) bond motifs is 1. The summed E-state index contributed by atoms with van der Waals surface area (Å²) >= 11 is 0. The molecule has 0 saturated heterocycles. The lowest BCUT2D eigenvalue weighted by Gasteiger charge is -2.23. The fourth-order valence-corrected chi connectivity index (χ4v) is 3.61. The van der Waals surface area contributed by atoms with Gasteiger partial charge in [0.25, 0.3) is 11.5 Å². The Morgan fingerprint density at radius 3 is 2.29 bits per heavy atom. The summed E-state index contributed by atoms with van der Waals surface area (Å²) in [5, 5.41) is 23.9. The summed E-state index contributed by atoms with van der Waals surface area (Å²) in [7, 11) is 1.43. The molecule has 0 spiro atoms. The SMILES string of the molecule is CNc1cc(F)cc2c(O)c(C(=O)NCC(=O)O)c(=O)n(C(C)c3ccc(C(F)(F)F)cc3)c12. The minimum Gasteiger partial charge on any atom is -0.506 e. The highest BCUT2D eigenvalue weighted by Crippen LogP contribution is 2.36. The number of carbonyl (C=O) groups is 2. The number of carboxylic acids is 1. The summed E-state index contributed by atoms with van der Waals surface area (Å²) in [5.74, 6) is -4.29. The molecule has 0 aliphatic heterocycles. The van der Waals surface area contributed by atoms with E-state index in [1.807, 2.05) is 5.32 Å². The van der Waals surface area contributed by atoms with Gasteiger partial charge in [-0.1, -0.05) is 12.1 Å². The summed E-state index contributed by atoms with van der Waals surface area (Å²) in [6.07, 6.45) is -4.57. The quantitative estimate of drug-likeness (QED) is 0.401. The molecule has 0 bridgehead atoms. The Morgan fingerprint density at radius 1 is 1.15 bits per heavy atom. The van der Waals surface area contributed by atoms with Crippen molar-refractivity contribution in [2.24, 2.45) is 0 Å². The third-order valence-corrected chi connectivity index (χ3v) is 5.24. The van der Waals surface area contributed by atoms with E-state index < -0.39 is 58.9 Å². The van der Waals surface area contributed by atoms with Gasteiger partial charge in [0.2, 0.25) is 0 Å². The zero-order chi connectivity index (χ0) is 25.4. The van der Waals surface area contributed by atoms with Crippen molar-refractivity contribution < 1.29 is 37.4 Å². The molecule has 2 aromatic carbocycles. The number of pyridine rings is 1. The molecule has 1 atom stereocenters. The van der Waals surface area contributed by atoms with Crippen LogP contribution in [-0.4, -0.2) is 40.2 Å². The maximum Gasteiger partial charge on any atom is 0.416 e. The molecule has 0 saturated carbocycles. The lowest BCUT2D eigenvalue weighted by molar-refractivity contribution is -0.138. The molecule has 3 rings (SSSR count). The Morgan fingerprint density at radius 2 is 1.76 bits per heavy atom. The Labute approximate surface area is 189 Å². The second-order valence-electron chi connectivity index (χ2n) is 7.37. The number of carbonyl (C=O) groups excluding carboxylic acids is 1. The standard InChI is InChI=1S/C22H19F4N3O5/c1-10(11-3-5-12(6-4-11)22(24,25)26)29-18-14(7-13(23)8-15(18)27-2)19(32)17(21(29)34)20(33)28-9-16(30)31/h3-8,10,27,32H,9H2,1-2H3,(H,28,33)(H,30,31). The molecule has 0 aliphatic rings. The summed E-state index contributed by atoms with van der Waals surface area (Å²) in [6, 6.07) is 4.94. The number of halogens is 4. The highest BCUT2D eigenvalue weighted by atomic mass is 19.4. The summed E-state index contributed by atoms with van der Waals surface area (Å²) in [6.45, 7) is 0.622. The highest BCUT2D eigenvalue weighted by molar-refractivity contribution is 6.05. The number of aromatic nitrogens is 1. The summed E-state index contributed by atoms with van der Waals surface area (Å²) in [5.41, 5.74) is -2.47. The number of aliphatic carboxylic acids is 1. The first-order chi connectivity index (χ1) is 15.9. The number of nitrogens with one attached hydrogen (secondary N) is 2. The third-order valence-electron chi connectivity index (χ3n) is 5.24. The molecule has 12 heteroatoms. The molecular weight excluding hydrogens is 462 g/mol. The van der Waals surface area contributed by atoms with E-state index >= 15 is 0 Å². The van der Waals surface area contributed by atoms with Gasteiger partial charge in [-0.05, 0) is 36.8 Å². The third kappa shape index (κ3) is 4.51. The van der Waals surface area contributed by atoms with Crippen molar-refractivity contribution in [2.75, 3.05) is 18.9 Å². The van der Waals surface area contributed by atoms with Crippen LogP contribution in [0, 0.1) is 5.82 Å². The van der Waals surface area contributed by atoms with E-state index in [-0.39, 0.29) is 22.2 Å². The molecule has 3 aromatic rings. The van der Waals surface area contributed by atoms with Crippen LogP contribution < -0.4 is 16.2 Å². The van der Waals surface area contributed by atoms with Gasteiger partial charge in [-0.2, -0.15) is 13.2 Å². The van der Waals surface area contributed by atoms with E-state index in [2.05, 4.69) is 5.32 Å². The van der Waals surface area contributed by atoms with Gasteiger partial charge in [0.15, 0.2) is 0 Å². The Bertz CT molecular complexity index is 1330. The predicted octanol–water partition coefficient (Wildman–Crippen LogP) is 3.33. The van der Waals surface area contributed by atoms with Crippen LogP contribution in [0.1, 0.15) is 34.5 Å². The van der Waals surface area contributed by atoms with Crippen LogP contribution in [0.15, 0.2) is 41.2 Å². The van der Waals surface area contributed by atoms with Crippen molar-refractivity contribution in [1.82, 2.24) is 9.88 Å². The number of nitrogens with zero attached hydrogens (tertiary/aromatic N) is 1. The summed E-state index contributed by atoms with van der Waals surface area (Å²) in [4.78, 5) is 36.7. The topological polar surface area (TPSA) is 121 Å². The average Bonchev–Trinajstić information content (AvgIpc) is 2.77. The summed E-state index contributed by atoms with van der Waals surface area (Å²) < 4.78 is 54.1. The van der Waals surface area contributed by atoms with Gasteiger partial charge in [0.1, 0.15) is 23.7 Å². The first-order valence-corrected chi connectivity index (χ1v) is 9.82. The zero-order valence-corrected chi connectivity index (χ0v) is 17.8. The van der Waals surface area contributed by atoms with Crippen molar-refractivity contribution in [3.63, 3.8) is 0 Å². The lowest BCUT2D eigenvalue weighted by atomic mass is 10.0. The Kier molecular flexibility index (Phi) is 6.53. The number of rotatable bonds is 6. The van der Waals surface area contributed by atoms with E-state index in [1.165, 1.54) is 14.0 Å². The molecule has 0 fully saturated rings. The van der Waals surface area contributed by atoms with Gasteiger partial charge in [-0.3, -0.25) is 19.0 Å². The second-order valence-corrected chi connectivity index (χ2v) is 7.37. The van der Waals surface area contributed by atoms with Gasteiger partial charge in [0, 0.05) is 12.4 Å². The van der Waals surface area contributed by atoms with Gasteiger partial charge >= 0.3 is 12.1 Å². The normalized spacial score (nSPS) is 12.4. The zero-order valence-electron chi connectivity index (χ0n) is 17.8. The molecule has 34 heavy (non-hydrogen) atoms. The molecule has 4 N–H and O–H groups in total. The highest BCUT2D eigenvalue weighted by Gasteiger charge is 2.31. The largest absolute Gasteiger partial charge is 0.506 e. The number of carboxylic acid groups (broad SMARTS) is 1. The van der Waals surface area contributed by atoms with Crippen LogP contribution in [0.5, 0.6) is 5.75 Å². The smallest absolute Gasteiger partial charge is 0.416 e. The van der Waals surface area contributed by atoms with Gasteiger partial charge in [0.05, 0.1) is 22.8 Å². The van der Waals surface area contributed by atoms with Crippen molar-refractivity contribution in [3.05, 3.63) is 69.3 Å². The number of anilines is 1. The monoisotopic (exact) mass is 481 g/mol. The van der Waals surface area contributed by atoms with Crippen LogP contribution >= 0.6 is 0 Å². The number of amides is 1. The number of alkyl halides is 3. The first kappa shape index (κ1) is 24.6. The van der Waals surface area contributed by atoms with Crippen molar-refractivity contribution >= 4 is 28.5 Å². The number of hydrogen-bond donors (Lipinski definition) is 4. The van der Waals surface area contributed by atoms with E-state index in [4.69, 9.17) is 5.11 Å². The van der Waals surface area contributed by atoms with Crippen LogP contribution in [-0.2, 0) is 11.0 Å². The minimum absolute atomic E-state index is 0.00594. The van der Waals surface area contributed by atoms with E-state index in [0.717, 1.165) is 41.0 Å². The fourth-order valence-electron chi connectivity index (χ4n) is 3.61. The number of benzene rings is 2. The molecule has 180 valence electrons. The predicted molar refractivity (Wildman–Crippen MR) is 115 cm³/mol. The fraction of sp³-hybridized carbons (Fsp3) is 0.227. The molecule has 1 unspecified atom stereocenters. The van der Waals surface area contributed by atoms with Gasteiger partial charge < -0.3 is 20.8 Å². The molecule has 8 nitrogen and oxygen atoms in total. The average molecular weight is 481 g/mol. The van der Waals surface area contributed by atoms with Crippen LogP contribution in [0.4, 0.5) is 23.2 Å². The molecule has 1 aromatic heterocycles. The maximum absolute atomic E-state index is 14.2. The number of hydrogen-bond acceptors (Lipinski definition) is 5. The van der Waals surface area contributed by atoms with Crippen molar-refractivity contribution in [1.29, 1.82) is 0 Å². The van der Waals surface area contributed by atoms with Crippen LogP contribution in [0.2, 0.25) is 0 Å². The van der Waals surface area contributed by atoms with E-state index in [9.17, 15) is 37.1 Å². The van der Waals surface area contributed by atoms with E-state index in [0.29, 0.717) is 0 Å². The first-order valence-electron chi connectivity index (χ1n) is 9.82. The second kappa shape index (κ2) is 9.04. The molecule has 0 aliphatic carbocycles. The maximum atomic E-state index is 14.2.